The van der Waals surface area contributed by atoms with Crippen molar-refractivity contribution in [2.75, 3.05) is 38.1 Å². The number of pyridine rings is 1. The van der Waals surface area contributed by atoms with Gasteiger partial charge in [0.15, 0.2) is 0 Å². The number of carbonyl (C=O) groups excluding carboxylic acids is 1. The van der Waals surface area contributed by atoms with Crippen LogP contribution in [0, 0.1) is 18.3 Å². The Labute approximate surface area is 237 Å². The number of benzene rings is 2. The van der Waals surface area contributed by atoms with E-state index in [0.29, 0.717) is 18.8 Å². The van der Waals surface area contributed by atoms with Crippen LogP contribution >= 0.6 is 0 Å². The predicted octanol–water partition coefficient (Wildman–Crippen LogP) is 5.52. The molecule has 0 bridgehead atoms. The van der Waals surface area contributed by atoms with Crippen molar-refractivity contribution in [2.24, 2.45) is 0 Å². The maximum absolute atomic E-state index is 13.3. The Morgan fingerprint density at radius 2 is 1.78 bits per heavy atom. The Morgan fingerprint density at radius 3 is 2.49 bits per heavy atom. The second-order valence-corrected chi connectivity index (χ2v) is 11.0. The predicted molar refractivity (Wildman–Crippen MR) is 150 cm³/mol. The number of rotatable bonds is 7. The summed E-state index contributed by atoms with van der Waals surface area (Å²) in [4.78, 5) is 21.8. The molecule has 2 fully saturated rings. The summed E-state index contributed by atoms with van der Waals surface area (Å²) in [6.45, 7) is 5.71. The third kappa shape index (κ3) is 7.34. The van der Waals surface area contributed by atoms with Gasteiger partial charge in [0.05, 0.1) is 34.5 Å². The van der Waals surface area contributed by atoms with Gasteiger partial charge in [-0.25, -0.2) is 0 Å². The highest BCUT2D eigenvalue weighted by atomic mass is 19.4. The van der Waals surface area contributed by atoms with Crippen molar-refractivity contribution >= 4 is 22.5 Å². The van der Waals surface area contributed by atoms with Gasteiger partial charge in [-0.2, -0.15) is 18.4 Å². The molecule has 1 aliphatic heterocycles. The number of halogens is 3. The minimum absolute atomic E-state index is 0.00812. The molecule has 10 heteroatoms. The highest BCUT2D eigenvalue weighted by Crippen LogP contribution is 2.34. The van der Waals surface area contributed by atoms with E-state index in [4.69, 9.17) is 15.0 Å². The largest absolute Gasteiger partial charge is 0.417 e. The number of nitrogens with one attached hydrogen (secondary N) is 1. The molecule has 1 saturated heterocycles. The van der Waals surface area contributed by atoms with Crippen molar-refractivity contribution in [3.8, 4) is 6.07 Å². The smallest absolute Gasteiger partial charge is 0.382 e. The first-order valence-electron chi connectivity index (χ1n) is 14.0. The Kier molecular flexibility index (Phi) is 8.76. The van der Waals surface area contributed by atoms with Gasteiger partial charge in [0.2, 0.25) is 5.91 Å². The summed E-state index contributed by atoms with van der Waals surface area (Å²) in [7, 11) is 0. The van der Waals surface area contributed by atoms with Crippen molar-refractivity contribution in [2.45, 2.75) is 57.5 Å². The van der Waals surface area contributed by atoms with Gasteiger partial charge >= 0.3 is 6.18 Å². The highest BCUT2D eigenvalue weighted by Gasteiger charge is 2.34. The molecule has 2 aliphatic rings. The first kappa shape index (κ1) is 28.8. The number of hydrogen-bond acceptors (Lipinski definition) is 6. The number of ether oxygens (including phenoxy) is 1. The molecule has 1 aliphatic carbocycles. The number of carbonyl (C=O) groups is 1. The van der Waals surface area contributed by atoms with E-state index in [9.17, 15) is 18.0 Å². The molecule has 3 aromatic rings. The first-order valence-corrected chi connectivity index (χ1v) is 14.0. The minimum atomic E-state index is -4.58. The van der Waals surface area contributed by atoms with Crippen LogP contribution in [0.3, 0.4) is 0 Å². The summed E-state index contributed by atoms with van der Waals surface area (Å²) < 4.78 is 45.7. The van der Waals surface area contributed by atoms with Crippen LogP contribution in [0.1, 0.15) is 48.1 Å². The maximum atomic E-state index is 13.3. The molecule has 1 saturated carbocycles. The number of hydrogen-bond donors (Lipinski definition) is 1. The zero-order chi connectivity index (χ0) is 29.0. The van der Waals surface area contributed by atoms with E-state index in [2.05, 4.69) is 47.5 Å². The molecule has 0 atom stereocenters. The second kappa shape index (κ2) is 12.5. The lowest BCUT2D eigenvalue weighted by molar-refractivity contribution is -0.140. The Bertz CT molecular complexity index is 1420. The number of alkyl halides is 3. The van der Waals surface area contributed by atoms with Crippen LogP contribution in [0.5, 0.6) is 0 Å². The molecule has 0 spiro atoms. The quantitative estimate of drug-likeness (QED) is 0.407. The normalized spacial score (nSPS) is 20.1. The van der Waals surface area contributed by atoms with Gasteiger partial charge in [-0.05, 0) is 68.5 Å². The minimum Gasteiger partial charge on any atom is -0.382 e. The summed E-state index contributed by atoms with van der Waals surface area (Å²) >= 11 is 0. The lowest BCUT2D eigenvalue weighted by Gasteiger charge is -2.35. The monoisotopic (exact) mass is 565 g/mol. The number of anilines is 1. The third-order valence-electron chi connectivity index (χ3n) is 7.95. The van der Waals surface area contributed by atoms with Crippen LogP contribution in [0.2, 0.25) is 0 Å². The molecular weight excluding hydrogens is 531 g/mol. The lowest BCUT2D eigenvalue weighted by atomic mass is 9.92. The molecule has 1 amide bonds. The van der Waals surface area contributed by atoms with Gasteiger partial charge in [0.25, 0.3) is 0 Å². The number of fused-ring (bicyclic) bond motifs is 1. The van der Waals surface area contributed by atoms with Crippen molar-refractivity contribution in [1.82, 2.24) is 14.8 Å². The van der Waals surface area contributed by atoms with Crippen molar-refractivity contribution in [1.29, 1.82) is 5.26 Å². The Balaban J connectivity index is 1.03. The van der Waals surface area contributed by atoms with Crippen LogP contribution < -0.4 is 5.32 Å². The SMILES string of the molecule is Cc1ccc2ccc(CN3CCN(C(=O)CO[C@H]4CC[C@H](Nc5ccc(C#N)c(C(F)(F)F)c5)CC4)CC3)nc2c1. The fourth-order valence-electron chi connectivity index (χ4n) is 5.60. The van der Waals surface area contributed by atoms with Gasteiger partial charge in [-0.15, -0.1) is 0 Å². The van der Waals surface area contributed by atoms with Crippen LogP contribution in [0.25, 0.3) is 10.9 Å². The topological polar surface area (TPSA) is 81.5 Å². The van der Waals surface area contributed by atoms with Gasteiger partial charge in [0.1, 0.15) is 6.61 Å². The number of nitrogens with zero attached hydrogens (tertiary/aromatic N) is 4. The summed E-state index contributed by atoms with van der Waals surface area (Å²) in [5, 5.41) is 13.3. The molecule has 0 radical (unpaired) electrons. The molecule has 5 rings (SSSR count). The van der Waals surface area contributed by atoms with E-state index in [0.717, 1.165) is 68.0 Å². The average Bonchev–Trinajstić information content (AvgIpc) is 2.96. The standard InChI is InChI=1S/C31H34F3N5O2/c1-21-2-3-22-4-7-26(37-29(22)16-21)19-38-12-14-39(15-13-38)30(40)20-41-27-10-8-24(9-11-27)36-25-6-5-23(18-35)28(17-25)31(32,33)34/h2-7,16-17,24,27,36H,8-15,19-20H2,1H3/t24-,27-. The lowest BCUT2D eigenvalue weighted by Crippen LogP contribution is -2.49. The van der Waals surface area contributed by atoms with E-state index in [1.165, 1.54) is 17.7 Å². The number of nitriles is 1. The summed E-state index contributed by atoms with van der Waals surface area (Å²) in [6, 6.07) is 15.8. The molecular formula is C31H34F3N5O2. The van der Waals surface area contributed by atoms with E-state index in [1.54, 1.807) is 6.07 Å². The zero-order valence-electron chi connectivity index (χ0n) is 23.1. The number of amides is 1. The summed E-state index contributed by atoms with van der Waals surface area (Å²) in [5.74, 6) is -0.0125. The third-order valence-corrected chi connectivity index (χ3v) is 7.95. The van der Waals surface area contributed by atoms with E-state index >= 15 is 0 Å². The van der Waals surface area contributed by atoms with Gasteiger partial charge in [0, 0.05) is 49.8 Å². The van der Waals surface area contributed by atoms with Crippen molar-refractivity contribution < 1.29 is 22.7 Å². The van der Waals surface area contributed by atoms with Crippen LogP contribution in [0.4, 0.5) is 18.9 Å². The molecule has 0 unspecified atom stereocenters. The van der Waals surface area contributed by atoms with Crippen LogP contribution in [-0.2, 0) is 22.3 Å². The number of piperazine rings is 1. The highest BCUT2D eigenvalue weighted by molar-refractivity contribution is 5.79. The fourth-order valence-corrected chi connectivity index (χ4v) is 5.60. The Hall–Kier alpha value is -3.68. The number of aromatic nitrogens is 1. The fraction of sp³-hybridized carbons (Fsp3) is 0.452. The van der Waals surface area contributed by atoms with E-state index in [-0.39, 0.29) is 30.2 Å². The molecule has 2 aromatic carbocycles. The molecule has 1 N–H and O–H groups in total. The van der Waals surface area contributed by atoms with E-state index < -0.39 is 11.7 Å². The molecule has 216 valence electrons. The van der Waals surface area contributed by atoms with Crippen molar-refractivity contribution in [3.63, 3.8) is 0 Å². The second-order valence-electron chi connectivity index (χ2n) is 11.0. The van der Waals surface area contributed by atoms with Crippen molar-refractivity contribution in [3.05, 3.63) is 70.9 Å². The summed E-state index contributed by atoms with van der Waals surface area (Å²) in [5.41, 5.74) is 2.25. The molecule has 41 heavy (non-hydrogen) atoms. The molecule has 1 aromatic heterocycles. The molecule has 7 nitrogen and oxygen atoms in total. The number of aryl methyl sites for hydroxylation is 1. The molecule has 2 heterocycles. The van der Waals surface area contributed by atoms with Crippen LogP contribution in [-0.4, -0.2) is 65.6 Å². The van der Waals surface area contributed by atoms with Gasteiger partial charge < -0.3 is 15.0 Å². The summed E-state index contributed by atoms with van der Waals surface area (Å²) in [6.07, 6.45) is -1.74. The maximum Gasteiger partial charge on any atom is 0.417 e. The average molecular weight is 566 g/mol. The first-order chi connectivity index (χ1) is 19.7. The van der Waals surface area contributed by atoms with Crippen LogP contribution in [0.15, 0.2) is 48.5 Å². The zero-order valence-corrected chi connectivity index (χ0v) is 23.1. The van der Waals surface area contributed by atoms with Gasteiger partial charge in [-0.3, -0.25) is 14.7 Å². The van der Waals surface area contributed by atoms with Gasteiger partial charge in [-0.1, -0.05) is 18.2 Å². The Morgan fingerprint density at radius 1 is 1.05 bits per heavy atom. The van der Waals surface area contributed by atoms with E-state index in [1.807, 2.05) is 4.90 Å².